The number of rotatable bonds is 4. The van der Waals surface area contributed by atoms with Crippen molar-refractivity contribution in [1.82, 2.24) is 5.32 Å². The quantitative estimate of drug-likeness (QED) is 0.687. The molecule has 1 saturated carbocycles. The number of hydrogen-bond donors (Lipinski definition) is 1. The van der Waals surface area contributed by atoms with Crippen molar-refractivity contribution in [3.05, 3.63) is 0 Å². The molecule has 1 N–H and O–H groups in total. The Hall–Kier alpha value is -0.0800. The molecule has 0 atom stereocenters. The molecule has 2 heteroatoms. The molecule has 0 bridgehead atoms. The third-order valence-electron chi connectivity index (χ3n) is 3.11. The number of nitrogens with one attached hydrogen (secondary N) is 1. The fraction of sp³-hybridized carbons (Fsp3) is 1.00. The minimum absolute atomic E-state index is 0.448. The minimum Gasteiger partial charge on any atom is -0.380 e. The van der Waals surface area contributed by atoms with Crippen molar-refractivity contribution in [2.45, 2.75) is 26.2 Å². The first-order valence-electron chi connectivity index (χ1n) is 5.07. The molecule has 1 aliphatic carbocycles. The van der Waals surface area contributed by atoms with Crippen LogP contribution in [0.1, 0.15) is 26.2 Å². The molecule has 2 aliphatic rings. The average Bonchev–Trinajstić information content (AvgIpc) is 1.91. The molecule has 70 valence electrons. The standard InChI is InChI=1S/C10H19NO/c1-10(7-12-8-10)6-11-5-9-3-2-4-9/h9,11H,2-8H2,1H3. The lowest BCUT2D eigenvalue weighted by Gasteiger charge is -2.39. The van der Waals surface area contributed by atoms with E-state index in [9.17, 15) is 0 Å². The molecule has 0 spiro atoms. The maximum atomic E-state index is 5.20. The summed E-state index contributed by atoms with van der Waals surface area (Å²) in [5.41, 5.74) is 0.448. The van der Waals surface area contributed by atoms with E-state index in [-0.39, 0.29) is 0 Å². The Morgan fingerprint density at radius 3 is 2.58 bits per heavy atom. The van der Waals surface area contributed by atoms with Gasteiger partial charge in [0.25, 0.3) is 0 Å². The maximum absolute atomic E-state index is 5.20. The van der Waals surface area contributed by atoms with Gasteiger partial charge < -0.3 is 10.1 Å². The third kappa shape index (κ3) is 1.80. The summed E-state index contributed by atoms with van der Waals surface area (Å²) in [5.74, 6) is 0.981. The summed E-state index contributed by atoms with van der Waals surface area (Å²) < 4.78 is 5.20. The zero-order valence-electron chi connectivity index (χ0n) is 7.94. The predicted molar refractivity (Wildman–Crippen MR) is 49.1 cm³/mol. The van der Waals surface area contributed by atoms with E-state index in [1.165, 1.54) is 25.8 Å². The van der Waals surface area contributed by atoms with Gasteiger partial charge in [-0.05, 0) is 25.3 Å². The normalized spacial score (nSPS) is 27.8. The fourth-order valence-electron chi connectivity index (χ4n) is 1.83. The Bertz CT molecular complexity index is 150. The Kier molecular flexibility index (Phi) is 2.37. The van der Waals surface area contributed by atoms with Crippen LogP contribution in [0.25, 0.3) is 0 Å². The fourth-order valence-corrected chi connectivity index (χ4v) is 1.83. The van der Waals surface area contributed by atoms with E-state index in [0.29, 0.717) is 5.41 Å². The summed E-state index contributed by atoms with van der Waals surface area (Å²) in [6, 6.07) is 0. The Morgan fingerprint density at radius 1 is 1.42 bits per heavy atom. The van der Waals surface area contributed by atoms with Crippen molar-refractivity contribution in [3.63, 3.8) is 0 Å². The van der Waals surface area contributed by atoms with Gasteiger partial charge in [-0.25, -0.2) is 0 Å². The molecule has 2 rings (SSSR count). The molecule has 0 amide bonds. The lowest BCUT2D eigenvalue weighted by atomic mass is 9.84. The van der Waals surface area contributed by atoms with Gasteiger partial charge in [-0.15, -0.1) is 0 Å². The largest absolute Gasteiger partial charge is 0.380 e. The van der Waals surface area contributed by atoms with Crippen molar-refractivity contribution in [3.8, 4) is 0 Å². The first-order chi connectivity index (χ1) is 5.79. The Morgan fingerprint density at radius 2 is 2.17 bits per heavy atom. The van der Waals surface area contributed by atoms with E-state index < -0.39 is 0 Å². The first-order valence-corrected chi connectivity index (χ1v) is 5.07. The second-order valence-corrected chi connectivity index (χ2v) is 4.73. The topological polar surface area (TPSA) is 21.3 Å². The molecule has 0 radical (unpaired) electrons. The highest BCUT2D eigenvalue weighted by Gasteiger charge is 2.33. The lowest BCUT2D eigenvalue weighted by molar-refractivity contribution is -0.0994. The van der Waals surface area contributed by atoms with E-state index in [4.69, 9.17) is 4.74 Å². The minimum atomic E-state index is 0.448. The lowest BCUT2D eigenvalue weighted by Crippen LogP contribution is -2.48. The van der Waals surface area contributed by atoms with Crippen LogP contribution in [0.3, 0.4) is 0 Å². The highest BCUT2D eigenvalue weighted by molar-refractivity contribution is 4.83. The molecular weight excluding hydrogens is 150 g/mol. The van der Waals surface area contributed by atoms with Crippen LogP contribution >= 0.6 is 0 Å². The molecule has 0 aromatic heterocycles. The Labute approximate surface area is 74.7 Å². The first kappa shape index (κ1) is 8.52. The maximum Gasteiger partial charge on any atom is 0.0554 e. The van der Waals surface area contributed by atoms with Crippen LogP contribution in [0, 0.1) is 11.3 Å². The molecule has 12 heavy (non-hydrogen) atoms. The molecule has 1 aliphatic heterocycles. The summed E-state index contributed by atoms with van der Waals surface area (Å²) >= 11 is 0. The van der Waals surface area contributed by atoms with Gasteiger partial charge in [0.15, 0.2) is 0 Å². The second-order valence-electron chi connectivity index (χ2n) is 4.73. The van der Waals surface area contributed by atoms with E-state index >= 15 is 0 Å². The molecule has 0 aromatic carbocycles. The molecular formula is C10H19NO. The highest BCUT2D eigenvalue weighted by atomic mass is 16.5. The van der Waals surface area contributed by atoms with Gasteiger partial charge in [0.05, 0.1) is 13.2 Å². The van der Waals surface area contributed by atoms with Crippen LogP contribution in [0.15, 0.2) is 0 Å². The van der Waals surface area contributed by atoms with Gasteiger partial charge in [-0.2, -0.15) is 0 Å². The summed E-state index contributed by atoms with van der Waals surface area (Å²) in [5, 5.41) is 3.55. The van der Waals surface area contributed by atoms with Gasteiger partial charge in [0, 0.05) is 12.0 Å². The van der Waals surface area contributed by atoms with Crippen LogP contribution in [0.4, 0.5) is 0 Å². The Balaban J connectivity index is 1.55. The smallest absolute Gasteiger partial charge is 0.0554 e. The van der Waals surface area contributed by atoms with Crippen molar-refractivity contribution in [2.75, 3.05) is 26.3 Å². The van der Waals surface area contributed by atoms with Crippen molar-refractivity contribution in [1.29, 1.82) is 0 Å². The van der Waals surface area contributed by atoms with E-state index in [0.717, 1.165) is 25.7 Å². The molecule has 2 nitrogen and oxygen atoms in total. The van der Waals surface area contributed by atoms with Crippen LogP contribution in [0.5, 0.6) is 0 Å². The van der Waals surface area contributed by atoms with Gasteiger partial charge in [0.1, 0.15) is 0 Å². The van der Waals surface area contributed by atoms with Gasteiger partial charge >= 0.3 is 0 Å². The number of hydrogen-bond acceptors (Lipinski definition) is 2. The van der Waals surface area contributed by atoms with Crippen molar-refractivity contribution in [2.24, 2.45) is 11.3 Å². The summed E-state index contributed by atoms with van der Waals surface area (Å²) in [6.07, 6.45) is 4.34. The molecule has 2 fully saturated rings. The monoisotopic (exact) mass is 169 g/mol. The van der Waals surface area contributed by atoms with E-state index in [2.05, 4.69) is 12.2 Å². The molecule has 0 aromatic rings. The predicted octanol–water partition coefficient (Wildman–Crippen LogP) is 1.41. The van der Waals surface area contributed by atoms with Crippen LogP contribution in [-0.4, -0.2) is 26.3 Å². The van der Waals surface area contributed by atoms with Crippen LogP contribution < -0.4 is 5.32 Å². The van der Waals surface area contributed by atoms with Crippen molar-refractivity contribution < 1.29 is 4.74 Å². The zero-order chi connectivity index (χ0) is 8.44. The summed E-state index contributed by atoms with van der Waals surface area (Å²) in [4.78, 5) is 0. The van der Waals surface area contributed by atoms with Crippen LogP contribution in [0.2, 0.25) is 0 Å². The van der Waals surface area contributed by atoms with E-state index in [1.807, 2.05) is 0 Å². The SMILES string of the molecule is CC1(CNCC2CCC2)COC1. The second kappa shape index (κ2) is 3.35. The van der Waals surface area contributed by atoms with Gasteiger partial charge in [-0.1, -0.05) is 13.3 Å². The summed E-state index contributed by atoms with van der Waals surface area (Å²) in [6.45, 7) is 6.57. The van der Waals surface area contributed by atoms with E-state index in [1.54, 1.807) is 0 Å². The number of ether oxygens (including phenoxy) is 1. The van der Waals surface area contributed by atoms with Gasteiger partial charge in [0.2, 0.25) is 0 Å². The molecule has 1 saturated heterocycles. The third-order valence-corrected chi connectivity index (χ3v) is 3.11. The highest BCUT2D eigenvalue weighted by Crippen LogP contribution is 2.27. The van der Waals surface area contributed by atoms with Crippen LogP contribution in [-0.2, 0) is 4.74 Å². The summed E-state index contributed by atoms with van der Waals surface area (Å²) in [7, 11) is 0. The average molecular weight is 169 g/mol. The zero-order valence-corrected chi connectivity index (χ0v) is 7.94. The molecule has 0 unspecified atom stereocenters. The van der Waals surface area contributed by atoms with Gasteiger partial charge in [-0.3, -0.25) is 0 Å². The van der Waals surface area contributed by atoms with Crippen molar-refractivity contribution >= 4 is 0 Å². The molecule has 1 heterocycles.